The highest BCUT2D eigenvalue weighted by Gasteiger charge is 2.31. The van der Waals surface area contributed by atoms with Crippen molar-refractivity contribution in [3.05, 3.63) is 74.6 Å². The van der Waals surface area contributed by atoms with Crippen LogP contribution in [0.25, 0.3) is 22.3 Å². The normalized spacial score (nSPS) is 12.0. The van der Waals surface area contributed by atoms with Crippen molar-refractivity contribution in [2.45, 2.75) is 12.3 Å². The molecule has 31 heavy (non-hydrogen) atoms. The number of thiophene rings is 1. The molecule has 0 amide bonds. The van der Waals surface area contributed by atoms with Crippen molar-refractivity contribution in [1.82, 2.24) is 0 Å². The zero-order valence-corrected chi connectivity index (χ0v) is 17.2. The number of fused-ring (bicyclic) bond motifs is 1. The van der Waals surface area contributed by atoms with Gasteiger partial charge in [-0.2, -0.15) is 11.3 Å². The van der Waals surface area contributed by atoms with Crippen LogP contribution in [0.15, 0.2) is 62.4 Å². The third-order valence-corrected chi connectivity index (χ3v) is 5.79. The van der Waals surface area contributed by atoms with E-state index in [4.69, 9.17) is 9.15 Å². The second-order valence-corrected chi connectivity index (χ2v) is 7.67. The molecule has 0 aliphatic rings. The van der Waals surface area contributed by atoms with E-state index in [1.54, 1.807) is 41.1 Å². The fraction of sp³-hybridized carbons (Fsp3) is 0.130. The lowest BCUT2D eigenvalue weighted by atomic mass is 9.87. The number of hydrogen-bond acceptors (Lipinski definition) is 8. The number of aromatic hydroxyl groups is 3. The van der Waals surface area contributed by atoms with E-state index < -0.39 is 34.6 Å². The predicted molar refractivity (Wildman–Crippen MR) is 116 cm³/mol. The maximum Gasteiger partial charge on any atom is 0.306 e. The van der Waals surface area contributed by atoms with E-state index in [0.29, 0.717) is 11.1 Å². The van der Waals surface area contributed by atoms with Gasteiger partial charge >= 0.3 is 5.97 Å². The maximum absolute atomic E-state index is 12.9. The molecule has 2 aromatic carbocycles. The summed E-state index contributed by atoms with van der Waals surface area (Å²) in [5.41, 5.74) is 0.573. The number of carbonyl (C=O) groups is 1. The van der Waals surface area contributed by atoms with Crippen LogP contribution in [0.4, 0.5) is 0 Å². The highest BCUT2D eigenvalue weighted by Crippen LogP contribution is 2.49. The van der Waals surface area contributed by atoms with Gasteiger partial charge in [0.1, 0.15) is 16.7 Å². The number of benzene rings is 2. The Balaban J connectivity index is 2.08. The van der Waals surface area contributed by atoms with Crippen molar-refractivity contribution in [3.8, 4) is 28.6 Å². The fourth-order valence-electron chi connectivity index (χ4n) is 3.55. The van der Waals surface area contributed by atoms with Gasteiger partial charge in [-0.05, 0) is 22.4 Å². The molecule has 0 saturated heterocycles. The van der Waals surface area contributed by atoms with Crippen LogP contribution in [-0.4, -0.2) is 28.4 Å². The average molecular weight is 438 g/mol. The summed E-state index contributed by atoms with van der Waals surface area (Å²) in [6, 6.07) is 11.8. The van der Waals surface area contributed by atoms with Gasteiger partial charge in [-0.1, -0.05) is 30.3 Å². The summed E-state index contributed by atoms with van der Waals surface area (Å²) >= 11 is 1.38. The third-order valence-electron chi connectivity index (χ3n) is 5.08. The van der Waals surface area contributed by atoms with Crippen molar-refractivity contribution in [2.24, 2.45) is 0 Å². The molecule has 1 atom stereocenters. The SMILES string of the molecule is COC(=O)CC(c1ccsc1)c1c(O)c(O)c(O)c2c(=O)cc(-c3ccccc3)oc12. The Kier molecular flexibility index (Phi) is 5.39. The molecule has 0 spiro atoms. The zero-order valence-electron chi connectivity index (χ0n) is 16.4. The molecular weight excluding hydrogens is 420 g/mol. The summed E-state index contributed by atoms with van der Waals surface area (Å²) in [5.74, 6) is -3.44. The molecule has 0 fully saturated rings. The van der Waals surface area contributed by atoms with Crippen molar-refractivity contribution in [3.63, 3.8) is 0 Å². The van der Waals surface area contributed by atoms with Gasteiger partial charge in [-0.3, -0.25) is 9.59 Å². The molecule has 158 valence electrons. The van der Waals surface area contributed by atoms with E-state index in [0.717, 1.165) is 0 Å². The number of methoxy groups -OCH3 is 1. The molecule has 0 aliphatic heterocycles. The van der Waals surface area contributed by atoms with Crippen LogP contribution in [0.1, 0.15) is 23.5 Å². The van der Waals surface area contributed by atoms with Crippen molar-refractivity contribution < 1.29 is 29.3 Å². The summed E-state index contributed by atoms with van der Waals surface area (Å²) in [6.07, 6.45) is -0.181. The molecule has 8 heteroatoms. The number of hydrogen-bond donors (Lipinski definition) is 3. The largest absolute Gasteiger partial charge is 0.504 e. The van der Waals surface area contributed by atoms with E-state index in [2.05, 4.69) is 0 Å². The maximum atomic E-state index is 12.9. The number of rotatable bonds is 5. The van der Waals surface area contributed by atoms with Crippen LogP contribution in [-0.2, 0) is 9.53 Å². The molecule has 4 aromatic rings. The van der Waals surface area contributed by atoms with E-state index in [1.165, 1.54) is 24.5 Å². The van der Waals surface area contributed by atoms with E-state index in [1.807, 2.05) is 6.07 Å². The lowest BCUT2D eigenvalue weighted by Crippen LogP contribution is -2.12. The van der Waals surface area contributed by atoms with Gasteiger partial charge in [-0.25, -0.2) is 0 Å². The Morgan fingerprint density at radius 3 is 2.48 bits per heavy atom. The standard InChI is InChI=1S/C23H18O7S/c1-29-17(25)9-14(13-7-8-31-11-13)18-20(26)22(28)21(27)19-15(24)10-16(30-23(18)19)12-5-3-2-4-6-12/h2-8,10-11,14,26-28H,9H2,1H3. The Morgan fingerprint density at radius 2 is 1.84 bits per heavy atom. The molecule has 0 saturated carbocycles. The number of phenols is 3. The Hall–Kier alpha value is -3.78. The van der Waals surface area contributed by atoms with Crippen LogP contribution >= 0.6 is 11.3 Å². The van der Waals surface area contributed by atoms with Crippen LogP contribution in [0.3, 0.4) is 0 Å². The highest BCUT2D eigenvalue weighted by molar-refractivity contribution is 7.08. The minimum Gasteiger partial charge on any atom is -0.504 e. The first-order chi connectivity index (χ1) is 14.9. The molecule has 0 bridgehead atoms. The summed E-state index contributed by atoms with van der Waals surface area (Å²) in [4.78, 5) is 25.0. The lowest BCUT2D eigenvalue weighted by molar-refractivity contribution is -0.140. The van der Waals surface area contributed by atoms with Crippen LogP contribution in [0.5, 0.6) is 17.2 Å². The molecule has 0 radical (unpaired) electrons. The monoisotopic (exact) mass is 438 g/mol. The van der Waals surface area contributed by atoms with Gasteiger partial charge in [0, 0.05) is 23.1 Å². The first-order valence-electron chi connectivity index (χ1n) is 9.31. The van der Waals surface area contributed by atoms with Crippen molar-refractivity contribution in [1.29, 1.82) is 0 Å². The number of esters is 1. The Labute approximate surface area is 180 Å². The third kappa shape index (κ3) is 3.62. The number of ether oxygens (including phenoxy) is 1. The van der Waals surface area contributed by atoms with Gasteiger partial charge in [0.15, 0.2) is 16.9 Å². The van der Waals surface area contributed by atoms with Gasteiger partial charge in [0.25, 0.3) is 0 Å². The zero-order chi connectivity index (χ0) is 22.1. The lowest BCUT2D eigenvalue weighted by Gasteiger charge is -2.20. The second-order valence-electron chi connectivity index (χ2n) is 6.89. The van der Waals surface area contributed by atoms with Crippen LogP contribution in [0.2, 0.25) is 0 Å². The molecular formula is C23H18O7S. The smallest absolute Gasteiger partial charge is 0.306 e. The van der Waals surface area contributed by atoms with E-state index in [-0.39, 0.29) is 28.7 Å². The Bertz CT molecular complexity index is 1310. The first kappa shape index (κ1) is 20.5. The molecule has 1 unspecified atom stereocenters. The minimum atomic E-state index is -0.854. The quantitative estimate of drug-likeness (QED) is 0.313. The van der Waals surface area contributed by atoms with Crippen molar-refractivity contribution >= 4 is 28.3 Å². The highest BCUT2D eigenvalue weighted by atomic mass is 32.1. The van der Waals surface area contributed by atoms with Gasteiger partial charge in [0.2, 0.25) is 5.75 Å². The molecule has 2 heterocycles. The summed E-state index contributed by atoms with van der Waals surface area (Å²) < 4.78 is 10.8. The summed E-state index contributed by atoms with van der Waals surface area (Å²) in [7, 11) is 1.24. The summed E-state index contributed by atoms with van der Waals surface area (Å²) in [5, 5.41) is 34.8. The van der Waals surface area contributed by atoms with Gasteiger partial charge in [-0.15, -0.1) is 0 Å². The van der Waals surface area contributed by atoms with Crippen LogP contribution < -0.4 is 5.43 Å². The molecule has 0 aliphatic carbocycles. The Morgan fingerprint density at radius 1 is 1.10 bits per heavy atom. The van der Waals surface area contributed by atoms with Gasteiger partial charge in [0.05, 0.1) is 13.5 Å². The van der Waals surface area contributed by atoms with Crippen molar-refractivity contribution in [2.75, 3.05) is 7.11 Å². The minimum absolute atomic E-state index is 0.0176. The number of phenolic OH excluding ortho intramolecular Hbond substituents is 3. The fourth-order valence-corrected chi connectivity index (χ4v) is 4.27. The van der Waals surface area contributed by atoms with E-state index in [9.17, 15) is 24.9 Å². The van der Waals surface area contributed by atoms with E-state index >= 15 is 0 Å². The first-order valence-corrected chi connectivity index (χ1v) is 10.3. The molecule has 2 aromatic heterocycles. The molecule has 3 N–H and O–H groups in total. The predicted octanol–water partition coefficient (Wildman–Crippen LogP) is 4.33. The topological polar surface area (TPSA) is 117 Å². The van der Waals surface area contributed by atoms with Gasteiger partial charge < -0.3 is 24.5 Å². The summed E-state index contributed by atoms with van der Waals surface area (Å²) in [6.45, 7) is 0. The number of carbonyl (C=O) groups excluding carboxylic acids is 1. The second kappa shape index (κ2) is 8.16. The molecule has 4 rings (SSSR count). The molecule has 7 nitrogen and oxygen atoms in total. The average Bonchev–Trinajstić information content (AvgIpc) is 3.31. The van der Waals surface area contributed by atoms with Crippen LogP contribution in [0, 0.1) is 0 Å².